The number of hydrogen-bond acceptors (Lipinski definition) is 3. The number of halogens is 1. The maximum atomic E-state index is 10.9. The van der Waals surface area contributed by atoms with Crippen molar-refractivity contribution in [1.29, 1.82) is 0 Å². The molecule has 1 N–H and O–H groups in total. The number of ether oxygens (including phenoxy) is 1. The number of thioether (sulfide) groups is 1. The summed E-state index contributed by atoms with van der Waals surface area (Å²) in [5.74, 6) is 0.0857. The van der Waals surface area contributed by atoms with Crippen molar-refractivity contribution in [2.45, 2.75) is 29.6 Å². The standard InChI is InChI=1S/C13H15BrO3S/c1-17-12-9(14)5-8(6-10(12)18-2)13(3-4-13)7-11(15)16/h5-6H,3-4,7H2,1-2H3,(H,15,16). The molecular formula is C13H15BrO3S. The van der Waals surface area contributed by atoms with Crippen LogP contribution in [0, 0.1) is 0 Å². The Morgan fingerprint density at radius 2 is 2.22 bits per heavy atom. The normalized spacial score (nSPS) is 16.4. The Labute approximate surface area is 119 Å². The molecule has 0 amide bonds. The Balaban J connectivity index is 2.41. The summed E-state index contributed by atoms with van der Waals surface area (Å²) in [6.45, 7) is 0. The number of carboxylic acid groups (broad SMARTS) is 1. The molecule has 0 radical (unpaired) electrons. The maximum absolute atomic E-state index is 10.9. The van der Waals surface area contributed by atoms with E-state index in [1.807, 2.05) is 12.3 Å². The molecule has 0 spiro atoms. The number of hydrogen-bond donors (Lipinski definition) is 1. The zero-order valence-corrected chi connectivity index (χ0v) is 12.7. The fourth-order valence-electron chi connectivity index (χ4n) is 2.23. The molecule has 0 saturated heterocycles. The van der Waals surface area contributed by atoms with Gasteiger partial charge in [-0.1, -0.05) is 0 Å². The van der Waals surface area contributed by atoms with E-state index in [1.165, 1.54) is 0 Å². The minimum Gasteiger partial charge on any atom is -0.494 e. The van der Waals surface area contributed by atoms with E-state index < -0.39 is 5.97 Å². The summed E-state index contributed by atoms with van der Waals surface area (Å²) in [6, 6.07) is 4.05. The number of methoxy groups -OCH3 is 1. The first-order valence-electron chi connectivity index (χ1n) is 5.66. The number of carboxylic acids is 1. The fraction of sp³-hybridized carbons (Fsp3) is 0.462. The molecule has 0 aliphatic heterocycles. The van der Waals surface area contributed by atoms with Gasteiger partial charge in [0.25, 0.3) is 0 Å². The van der Waals surface area contributed by atoms with E-state index in [9.17, 15) is 4.79 Å². The molecule has 1 fully saturated rings. The van der Waals surface area contributed by atoms with E-state index in [-0.39, 0.29) is 11.8 Å². The van der Waals surface area contributed by atoms with E-state index in [0.29, 0.717) is 0 Å². The van der Waals surface area contributed by atoms with Crippen molar-refractivity contribution in [2.75, 3.05) is 13.4 Å². The van der Waals surface area contributed by atoms with Crippen molar-refractivity contribution in [3.63, 3.8) is 0 Å². The summed E-state index contributed by atoms with van der Waals surface area (Å²) in [7, 11) is 1.64. The lowest BCUT2D eigenvalue weighted by atomic mass is 9.92. The summed E-state index contributed by atoms with van der Waals surface area (Å²) < 4.78 is 6.24. The van der Waals surface area contributed by atoms with Crippen molar-refractivity contribution in [3.05, 3.63) is 22.2 Å². The zero-order chi connectivity index (χ0) is 13.3. The predicted molar refractivity (Wildman–Crippen MR) is 75.6 cm³/mol. The average molecular weight is 331 g/mol. The fourth-order valence-corrected chi connectivity index (χ4v) is 3.61. The van der Waals surface area contributed by atoms with E-state index in [2.05, 4.69) is 22.0 Å². The van der Waals surface area contributed by atoms with Gasteiger partial charge in [-0.05, 0) is 52.7 Å². The average Bonchev–Trinajstić information content (AvgIpc) is 3.07. The van der Waals surface area contributed by atoms with Crippen LogP contribution >= 0.6 is 27.7 Å². The van der Waals surface area contributed by atoms with Crippen LogP contribution in [-0.2, 0) is 10.2 Å². The van der Waals surface area contributed by atoms with Gasteiger partial charge in [-0.3, -0.25) is 4.79 Å². The second kappa shape index (κ2) is 5.13. The van der Waals surface area contributed by atoms with Gasteiger partial charge >= 0.3 is 5.97 Å². The Morgan fingerprint density at radius 3 is 2.67 bits per heavy atom. The molecule has 1 aromatic carbocycles. The van der Waals surface area contributed by atoms with E-state index in [0.717, 1.165) is 33.5 Å². The quantitative estimate of drug-likeness (QED) is 0.836. The van der Waals surface area contributed by atoms with Crippen molar-refractivity contribution >= 4 is 33.7 Å². The molecule has 1 aliphatic carbocycles. The minimum atomic E-state index is -0.731. The van der Waals surface area contributed by atoms with Crippen LogP contribution in [0.4, 0.5) is 0 Å². The van der Waals surface area contributed by atoms with Gasteiger partial charge in [0.1, 0.15) is 5.75 Å². The molecule has 0 aromatic heterocycles. The lowest BCUT2D eigenvalue weighted by molar-refractivity contribution is -0.137. The highest BCUT2D eigenvalue weighted by Crippen LogP contribution is 2.53. The summed E-state index contributed by atoms with van der Waals surface area (Å²) in [6.07, 6.45) is 4.10. The van der Waals surface area contributed by atoms with Gasteiger partial charge in [-0.2, -0.15) is 0 Å². The summed E-state index contributed by atoms with van der Waals surface area (Å²) in [5, 5.41) is 9.01. The van der Waals surface area contributed by atoms with Crippen molar-refractivity contribution in [3.8, 4) is 5.75 Å². The van der Waals surface area contributed by atoms with Gasteiger partial charge in [0.2, 0.25) is 0 Å². The molecular weight excluding hydrogens is 316 g/mol. The van der Waals surface area contributed by atoms with Gasteiger partial charge < -0.3 is 9.84 Å². The molecule has 5 heteroatoms. The highest BCUT2D eigenvalue weighted by molar-refractivity contribution is 9.10. The third kappa shape index (κ3) is 2.52. The molecule has 2 rings (SSSR count). The zero-order valence-electron chi connectivity index (χ0n) is 10.3. The summed E-state index contributed by atoms with van der Waals surface area (Å²) >= 11 is 5.11. The second-order valence-electron chi connectivity index (χ2n) is 4.54. The molecule has 18 heavy (non-hydrogen) atoms. The number of carbonyl (C=O) groups is 1. The first-order valence-corrected chi connectivity index (χ1v) is 7.68. The van der Waals surface area contributed by atoms with E-state index in [1.54, 1.807) is 18.9 Å². The summed E-state index contributed by atoms with van der Waals surface area (Å²) in [4.78, 5) is 12.0. The van der Waals surface area contributed by atoms with Gasteiger partial charge in [-0.15, -0.1) is 11.8 Å². The highest BCUT2D eigenvalue weighted by Gasteiger charge is 2.46. The van der Waals surface area contributed by atoms with Crippen molar-refractivity contribution in [2.24, 2.45) is 0 Å². The molecule has 0 atom stereocenters. The van der Waals surface area contributed by atoms with Crippen LogP contribution in [0.2, 0.25) is 0 Å². The van der Waals surface area contributed by atoms with Gasteiger partial charge in [0, 0.05) is 5.41 Å². The number of rotatable bonds is 5. The molecule has 98 valence electrons. The highest BCUT2D eigenvalue weighted by atomic mass is 79.9. The molecule has 3 nitrogen and oxygen atoms in total. The SMILES string of the molecule is COc1c(Br)cc(C2(CC(=O)O)CC2)cc1SC. The number of benzene rings is 1. The van der Waals surface area contributed by atoms with Crippen LogP contribution in [0.5, 0.6) is 5.75 Å². The number of aliphatic carboxylic acids is 1. The Bertz CT molecular complexity index is 483. The Morgan fingerprint density at radius 1 is 1.56 bits per heavy atom. The van der Waals surface area contributed by atoms with Crippen LogP contribution in [0.3, 0.4) is 0 Å². The molecule has 1 aromatic rings. The monoisotopic (exact) mass is 330 g/mol. The molecule has 1 aliphatic rings. The maximum Gasteiger partial charge on any atom is 0.304 e. The predicted octanol–water partition coefficient (Wildman–Crippen LogP) is 3.69. The molecule has 0 unspecified atom stereocenters. The lowest BCUT2D eigenvalue weighted by Crippen LogP contribution is -2.13. The molecule has 0 heterocycles. The smallest absolute Gasteiger partial charge is 0.304 e. The molecule has 0 bridgehead atoms. The van der Waals surface area contributed by atoms with Crippen LogP contribution in [-0.4, -0.2) is 24.4 Å². The van der Waals surface area contributed by atoms with Crippen LogP contribution in [0.1, 0.15) is 24.8 Å². The third-order valence-electron chi connectivity index (χ3n) is 3.39. The summed E-state index contributed by atoms with van der Waals surface area (Å²) in [5.41, 5.74) is 0.937. The van der Waals surface area contributed by atoms with Gasteiger partial charge in [0.05, 0.1) is 22.9 Å². The van der Waals surface area contributed by atoms with Gasteiger partial charge in [-0.25, -0.2) is 0 Å². The van der Waals surface area contributed by atoms with Crippen LogP contribution in [0.25, 0.3) is 0 Å². The molecule has 1 saturated carbocycles. The van der Waals surface area contributed by atoms with E-state index >= 15 is 0 Å². The Hall–Kier alpha value is -0.680. The second-order valence-corrected chi connectivity index (χ2v) is 6.25. The topological polar surface area (TPSA) is 46.5 Å². The van der Waals surface area contributed by atoms with Crippen molar-refractivity contribution in [1.82, 2.24) is 0 Å². The first kappa shape index (κ1) is 13.7. The lowest BCUT2D eigenvalue weighted by Gasteiger charge is -2.17. The Kier molecular flexibility index (Phi) is 3.92. The van der Waals surface area contributed by atoms with E-state index in [4.69, 9.17) is 9.84 Å². The third-order valence-corrected chi connectivity index (χ3v) is 4.72. The first-order chi connectivity index (χ1) is 8.52. The van der Waals surface area contributed by atoms with Crippen LogP contribution < -0.4 is 4.74 Å². The van der Waals surface area contributed by atoms with Crippen LogP contribution in [0.15, 0.2) is 21.5 Å². The minimum absolute atomic E-state index is 0.162. The van der Waals surface area contributed by atoms with Crippen molar-refractivity contribution < 1.29 is 14.6 Å². The van der Waals surface area contributed by atoms with Gasteiger partial charge in [0.15, 0.2) is 0 Å². The largest absolute Gasteiger partial charge is 0.494 e.